The molecule has 0 aliphatic rings. The van der Waals surface area contributed by atoms with Crippen molar-refractivity contribution in [1.29, 1.82) is 0 Å². The van der Waals surface area contributed by atoms with Crippen molar-refractivity contribution in [3.8, 4) is 0 Å². The second-order valence-corrected chi connectivity index (χ2v) is 8.17. The van der Waals surface area contributed by atoms with Gasteiger partial charge < -0.3 is 5.32 Å². The van der Waals surface area contributed by atoms with E-state index >= 15 is 0 Å². The summed E-state index contributed by atoms with van der Waals surface area (Å²) < 4.78 is 0. The molecule has 2 rings (SSSR count). The standard InChI is InChI=1S/C20H25NOS/c1-15(19(22)21-20(2,3)4)23-18(16-11-7-5-8-12-16)17-13-9-6-10-14-17/h5-15,18H,1-4H3,(H,21,22)/t15-/m1/s1. The van der Waals surface area contributed by atoms with Crippen LogP contribution in [0.1, 0.15) is 44.1 Å². The molecule has 1 amide bonds. The van der Waals surface area contributed by atoms with E-state index < -0.39 is 0 Å². The second kappa shape index (κ2) is 7.69. The molecular formula is C20H25NOS. The van der Waals surface area contributed by atoms with E-state index in [-0.39, 0.29) is 21.9 Å². The molecule has 0 heterocycles. The minimum Gasteiger partial charge on any atom is -0.351 e. The number of hydrogen-bond donors (Lipinski definition) is 1. The Morgan fingerprint density at radius 3 is 1.74 bits per heavy atom. The van der Waals surface area contributed by atoms with E-state index in [1.54, 1.807) is 11.8 Å². The molecule has 1 atom stereocenters. The Morgan fingerprint density at radius 1 is 0.913 bits per heavy atom. The summed E-state index contributed by atoms with van der Waals surface area (Å²) in [5.74, 6) is 0.0827. The Labute approximate surface area is 143 Å². The molecule has 0 bridgehead atoms. The first-order valence-electron chi connectivity index (χ1n) is 7.94. The summed E-state index contributed by atoms with van der Waals surface area (Å²) in [6.07, 6.45) is 0. The highest BCUT2D eigenvalue weighted by Gasteiger charge is 2.24. The van der Waals surface area contributed by atoms with Gasteiger partial charge in [-0.2, -0.15) is 0 Å². The smallest absolute Gasteiger partial charge is 0.233 e. The molecule has 23 heavy (non-hydrogen) atoms. The van der Waals surface area contributed by atoms with E-state index in [9.17, 15) is 4.79 Å². The zero-order chi connectivity index (χ0) is 16.9. The predicted molar refractivity (Wildman–Crippen MR) is 99.7 cm³/mol. The molecule has 2 aromatic rings. The monoisotopic (exact) mass is 327 g/mol. The zero-order valence-corrected chi connectivity index (χ0v) is 15.1. The van der Waals surface area contributed by atoms with Crippen LogP contribution >= 0.6 is 11.8 Å². The van der Waals surface area contributed by atoms with Crippen LogP contribution in [0.15, 0.2) is 60.7 Å². The normalized spacial score (nSPS) is 12.9. The molecule has 0 unspecified atom stereocenters. The Balaban J connectivity index is 2.21. The summed E-state index contributed by atoms with van der Waals surface area (Å²) in [5.41, 5.74) is 2.24. The van der Waals surface area contributed by atoms with Gasteiger partial charge in [0.15, 0.2) is 0 Å². The van der Waals surface area contributed by atoms with Gasteiger partial charge in [-0.15, -0.1) is 11.8 Å². The molecule has 3 heteroatoms. The summed E-state index contributed by atoms with van der Waals surface area (Å²) in [4.78, 5) is 12.4. The number of amides is 1. The van der Waals surface area contributed by atoms with E-state index in [2.05, 4.69) is 29.6 Å². The van der Waals surface area contributed by atoms with Gasteiger partial charge in [-0.05, 0) is 38.8 Å². The maximum absolute atomic E-state index is 12.4. The third-order valence-electron chi connectivity index (χ3n) is 3.41. The van der Waals surface area contributed by atoms with Gasteiger partial charge in [0, 0.05) is 5.54 Å². The Morgan fingerprint density at radius 2 is 1.35 bits per heavy atom. The molecule has 0 saturated carbocycles. The van der Waals surface area contributed by atoms with Crippen LogP contribution in [0.4, 0.5) is 0 Å². The van der Waals surface area contributed by atoms with Gasteiger partial charge in [0.1, 0.15) is 0 Å². The molecule has 0 aromatic heterocycles. The van der Waals surface area contributed by atoms with E-state index in [1.807, 2.05) is 64.1 Å². The first-order chi connectivity index (χ1) is 10.9. The van der Waals surface area contributed by atoms with Crippen molar-refractivity contribution in [2.75, 3.05) is 0 Å². The van der Waals surface area contributed by atoms with Crippen molar-refractivity contribution in [1.82, 2.24) is 5.32 Å². The lowest BCUT2D eigenvalue weighted by atomic mass is 10.0. The van der Waals surface area contributed by atoms with Gasteiger partial charge in [0.25, 0.3) is 0 Å². The molecule has 2 aromatic carbocycles. The van der Waals surface area contributed by atoms with Crippen molar-refractivity contribution in [2.24, 2.45) is 0 Å². The van der Waals surface area contributed by atoms with Crippen LogP contribution in [0.2, 0.25) is 0 Å². The molecule has 0 saturated heterocycles. The number of rotatable bonds is 5. The average molecular weight is 327 g/mol. The van der Waals surface area contributed by atoms with Crippen molar-refractivity contribution in [3.63, 3.8) is 0 Å². The lowest BCUT2D eigenvalue weighted by Crippen LogP contribution is -2.44. The summed E-state index contributed by atoms with van der Waals surface area (Å²) in [6.45, 7) is 8.00. The van der Waals surface area contributed by atoms with Crippen LogP contribution in [-0.4, -0.2) is 16.7 Å². The number of hydrogen-bond acceptors (Lipinski definition) is 2. The molecule has 0 radical (unpaired) electrons. The fraction of sp³-hybridized carbons (Fsp3) is 0.350. The third kappa shape index (κ3) is 5.43. The summed E-state index contributed by atoms with van der Waals surface area (Å²) in [6, 6.07) is 20.7. The highest BCUT2D eigenvalue weighted by atomic mass is 32.2. The maximum atomic E-state index is 12.4. The minimum atomic E-state index is -0.207. The molecule has 0 spiro atoms. The first-order valence-corrected chi connectivity index (χ1v) is 8.88. The van der Waals surface area contributed by atoms with Crippen LogP contribution in [0, 0.1) is 0 Å². The Bertz CT molecular complexity index is 580. The summed E-state index contributed by atoms with van der Waals surface area (Å²) in [5, 5.41) is 3.09. The van der Waals surface area contributed by atoms with Crippen LogP contribution in [0.5, 0.6) is 0 Å². The van der Waals surface area contributed by atoms with Gasteiger partial charge in [0.05, 0.1) is 10.5 Å². The van der Waals surface area contributed by atoms with Crippen molar-refractivity contribution in [3.05, 3.63) is 71.8 Å². The van der Waals surface area contributed by atoms with E-state index in [4.69, 9.17) is 0 Å². The zero-order valence-electron chi connectivity index (χ0n) is 14.2. The Kier molecular flexibility index (Phi) is 5.89. The van der Waals surface area contributed by atoms with Crippen molar-refractivity contribution < 1.29 is 4.79 Å². The maximum Gasteiger partial charge on any atom is 0.233 e. The Hall–Kier alpha value is -1.74. The fourth-order valence-electron chi connectivity index (χ4n) is 2.34. The number of carbonyl (C=O) groups excluding carboxylic acids is 1. The van der Waals surface area contributed by atoms with Gasteiger partial charge in [-0.1, -0.05) is 60.7 Å². The predicted octanol–water partition coefficient (Wildman–Crippen LogP) is 4.81. The van der Waals surface area contributed by atoms with E-state index in [0.29, 0.717) is 0 Å². The molecule has 122 valence electrons. The van der Waals surface area contributed by atoms with Crippen molar-refractivity contribution in [2.45, 2.75) is 43.7 Å². The van der Waals surface area contributed by atoms with Gasteiger partial charge in [0.2, 0.25) is 5.91 Å². The minimum absolute atomic E-state index is 0.0827. The highest BCUT2D eigenvalue weighted by molar-refractivity contribution is 8.01. The number of thioether (sulfide) groups is 1. The molecule has 0 aliphatic heterocycles. The number of carbonyl (C=O) groups is 1. The van der Waals surface area contributed by atoms with Crippen molar-refractivity contribution >= 4 is 17.7 Å². The lowest BCUT2D eigenvalue weighted by Gasteiger charge is -2.26. The second-order valence-electron chi connectivity index (χ2n) is 6.72. The quantitative estimate of drug-likeness (QED) is 0.853. The first kappa shape index (κ1) is 17.6. The van der Waals surface area contributed by atoms with Crippen LogP contribution in [-0.2, 0) is 4.79 Å². The van der Waals surface area contributed by atoms with Crippen LogP contribution in [0.3, 0.4) is 0 Å². The third-order valence-corrected chi connectivity index (χ3v) is 4.85. The van der Waals surface area contributed by atoms with Gasteiger partial charge in [-0.25, -0.2) is 0 Å². The van der Waals surface area contributed by atoms with E-state index in [0.717, 1.165) is 0 Å². The number of nitrogens with one attached hydrogen (secondary N) is 1. The van der Waals surface area contributed by atoms with Gasteiger partial charge in [-0.3, -0.25) is 4.79 Å². The molecule has 2 nitrogen and oxygen atoms in total. The number of benzene rings is 2. The molecule has 0 fully saturated rings. The summed E-state index contributed by atoms with van der Waals surface area (Å²) >= 11 is 1.69. The molecule has 1 N–H and O–H groups in total. The van der Waals surface area contributed by atoms with E-state index in [1.165, 1.54) is 11.1 Å². The topological polar surface area (TPSA) is 29.1 Å². The summed E-state index contributed by atoms with van der Waals surface area (Å²) in [7, 11) is 0. The fourth-order valence-corrected chi connectivity index (χ4v) is 3.56. The lowest BCUT2D eigenvalue weighted by molar-refractivity contribution is -0.121. The largest absolute Gasteiger partial charge is 0.351 e. The highest BCUT2D eigenvalue weighted by Crippen LogP contribution is 2.38. The molecular weight excluding hydrogens is 302 g/mol. The molecule has 0 aliphatic carbocycles. The van der Waals surface area contributed by atoms with Gasteiger partial charge >= 0.3 is 0 Å². The average Bonchev–Trinajstić information content (AvgIpc) is 2.52. The van der Waals surface area contributed by atoms with Crippen LogP contribution in [0.25, 0.3) is 0 Å². The van der Waals surface area contributed by atoms with Crippen LogP contribution < -0.4 is 5.32 Å². The SMILES string of the molecule is C[C@@H](SC(c1ccccc1)c1ccccc1)C(=O)NC(C)(C)C.